The molecule has 0 radical (unpaired) electrons. The van der Waals surface area contributed by atoms with E-state index in [-0.39, 0.29) is 10.8 Å². The quantitative estimate of drug-likeness (QED) is 0.896. The van der Waals surface area contributed by atoms with Crippen molar-refractivity contribution in [3.8, 4) is 0 Å². The molecule has 2 aliphatic rings. The first-order valence-electron chi connectivity index (χ1n) is 8.22. The van der Waals surface area contributed by atoms with Gasteiger partial charge in [0.25, 0.3) is 0 Å². The Hall–Kier alpha value is -1.86. The van der Waals surface area contributed by atoms with Crippen molar-refractivity contribution in [2.45, 2.75) is 31.1 Å². The lowest BCUT2D eigenvalue weighted by molar-refractivity contribution is -0.127. The molecule has 1 aliphatic carbocycles. The van der Waals surface area contributed by atoms with E-state index in [2.05, 4.69) is 0 Å². The van der Waals surface area contributed by atoms with Gasteiger partial charge in [-0.1, -0.05) is 17.7 Å². The highest BCUT2D eigenvalue weighted by atomic mass is 32.2. The molecule has 2 N–H and O–H groups in total. The third kappa shape index (κ3) is 3.32. The Morgan fingerprint density at radius 1 is 1.08 bits per heavy atom. The molecule has 130 valence electrons. The highest BCUT2D eigenvalue weighted by Gasteiger charge is 2.28. The summed E-state index contributed by atoms with van der Waals surface area (Å²) >= 11 is 0. The Bertz CT molecular complexity index is 778. The summed E-state index contributed by atoms with van der Waals surface area (Å²) in [5.74, 6) is 0.143. The average Bonchev–Trinajstić information content (AvgIpc) is 2.99. The van der Waals surface area contributed by atoms with Crippen LogP contribution < -0.4 is 10.0 Å². The van der Waals surface area contributed by atoms with E-state index < -0.39 is 10.0 Å². The van der Waals surface area contributed by atoms with Crippen molar-refractivity contribution < 1.29 is 13.2 Å². The molecule has 1 aliphatic heterocycles. The Balaban J connectivity index is 1.72. The van der Waals surface area contributed by atoms with Gasteiger partial charge in [-0.25, -0.2) is 13.6 Å². The molecule has 0 bridgehead atoms. The van der Waals surface area contributed by atoms with Gasteiger partial charge >= 0.3 is 0 Å². The Morgan fingerprint density at radius 2 is 1.75 bits per heavy atom. The first-order valence-corrected chi connectivity index (χ1v) is 9.77. The molecule has 0 atom stereocenters. The molecule has 1 aromatic carbocycles. The lowest BCUT2D eigenvalue weighted by Gasteiger charge is -2.37. The van der Waals surface area contributed by atoms with Crippen molar-refractivity contribution in [3.63, 3.8) is 0 Å². The maximum absolute atomic E-state index is 12.6. The van der Waals surface area contributed by atoms with Crippen molar-refractivity contribution in [1.29, 1.82) is 0 Å². The van der Waals surface area contributed by atoms with Gasteiger partial charge in [-0.3, -0.25) is 4.79 Å². The van der Waals surface area contributed by atoms with Gasteiger partial charge in [0.15, 0.2) is 0 Å². The number of anilines is 1. The summed E-state index contributed by atoms with van der Waals surface area (Å²) in [6.07, 6.45) is 2.95. The number of carbonyl (C=O) groups excluding carboxylic acids is 1. The maximum atomic E-state index is 12.6. The largest absolute Gasteiger partial charge is 0.367 e. The fourth-order valence-electron chi connectivity index (χ4n) is 3.48. The molecule has 0 saturated carbocycles. The van der Waals surface area contributed by atoms with Crippen LogP contribution >= 0.6 is 0 Å². The van der Waals surface area contributed by atoms with Crippen LogP contribution in [0.5, 0.6) is 0 Å². The molecule has 1 amide bonds. The first kappa shape index (κ1) is 17.0. The average molecular weight is 349 g/mol. The number of allylic oxidation sites excluding steroid dienone is 1. The minimum atomic E-state index is -3.76. The number of hydrogen-bond donors (Lipinski definition) is 1. The number of sulfonamides is 1. The molecule has 3 rings (SSSR count). The fraction of sp³-hybridized carbons (Fsp3) is 0.471. The summed E-state index contributed by atoms with van der Waals surface area (Å²) < 4.78 is 23.5. The van der Waals surface area contributed by atoms with E-state index in [4.69, 9.17) is 5.14 Å². The number of piperazine rings is 1. The zero-order chi connectivity index (χ0) is 17.3. The predicted octanol–water partition coefficient (Wildman–Crippen LogP) is 1.48. The van der Waals surface area contributed by atoms with Gasteiger partial charge in [0.1, 0.15) is 4.90 Å². The van der Waals surface area contributed by atoms with Crippen LogP contribution in [0.4, 0.5) is 5.69 Å². The van der Waals surface area contributed by atoms with E-state index in [0.29, 0.717) is 31.9 Å². The van der Waals surface area contributed by atoms with Crippen LogP contribution in [-0.4, -0.2) is 45.4 Å². The van der Waals surface area contributed by atoms with Gasteiger partial charge in [0.2, 0.25) is 15.9 Å². The number of primary sulfonamides is 1. The number of carbonyl (C=O) groups is 1. The van der Waals surface area contributed by atoms with Gasteiger partial charge in [-0.15, -0.1) is 0 Å². The van der Waals surface area contributed by atoms with Crippen molar-refractivity contribution in [2.75, 3.05) is 31.1 Å². The fourth-order valence-corrected chi connectivity index (χ4v) is 4.24. The Kier molecular flexibility index (Phi) is 4.64. The highest BCUT2D eigenvalue weighted by Crippen LogP contribution is 2.29. The summed E-state index contributed by atoms with van der Waals surface area (Å²) in [4.78, 5) is 16.6. The zero-order valence-corrected chi connectivity index (χ0v) is 14.7. The lowest BCUT2D eigenvalue weighted by Crippen LogP contribution is -2.49. The molecule has 7 heteroatoms. The summed E-state index contributed by atoms with van der Waals surface area (Å²) in [7, 11) is -3.76. The van der Waals surface area contributed by atoms with E-state index in [0.717, 1.165) is 24.8 Å². The van der Waals surface area contributed by atoms with E-state index in [1.807, 2.05) is 16.7 Å². The molecule has 1 fully saturated rings. The van der Waals surface area contributed by atoms with Crippen molar-refractivity contribution in [3.05, 3.63) is 35.4 Å². The van der Waals surface area contributed by atoms with Gasteiger partial charge in [-0.05, 0) is 38.3 Å². The molecule has 0 aromatic heterocycles. The van der Waals surface area contributed by atoms with E-state index in [9.17, 15) is 13.2 Å². The third-order valence-corrected chi connectivity index (χ3v) is 5.79. The van der Waals surface area contributed by atoms with Crippen LogP contribution in [0.2, 0.25) is 0 Å². The zero-order valence-electron chi connectivity index (χ0n) is 13.9. The minimum absolute atomic E-state index is 0.138. The van der Waals surface area contributed by atoms with Crippen LogP contribution in [0.15, 0.2) is 40.3 Å². The number of amides is 1. The number of para-hydroxylation sites is 1. The van der Waals surface area contributed by atoms with Crippen LogP contribution in [0.1, 0.15) is 26.2 Å². The number of benzene rings is 1. The van der Waals surface area contributed by atoms with Gasteiger partial charge in [0, 0.05) is 31.8 Å². The molecule has 0 spiro atoms. The van der Waals surface area contributed by atoms with Crippen LogP contribution in [0.3, 0.4) is 0 Å². The van der Waals surface area contributed by atoms with E-state index in [1.54, 1.807) is 18.2 Å². The number of hydrogen-bond acceptors (Lipinski definition) is 4. The first-order chi connectivity index (χ1) is 11.4. The van der Waals surface area contributed by atoms with Crippen LogP contribution in [-0.2, 0) is 14.8 Å². The number of nitrogens with two attached hydrogens (primary N) is 1. The van der Waals surface area contributed by atoms with Gasteiger partial charge in [0.05, 0.1) is 5.69 Å². The SMILES string of the molecule is CC1=C(C(=O)N2CCN(c3ccccc3S(N)(=O)=O)CC2)CCC1. The number of rotatable bonds is 3. The molecular weight excluding hydrogens is 326 g/mol. The standard InChI is InChI=1S/C17H23N3O3S/c1-13-5-4-6-14(13)17(21)20-11-9-19(10-12-20)15-7-2-3-8-16(15)24(18,22)23/h2-3,7-8H,4-6,9-12H2,1H3,(H2,18,22,23). The minimum Gasteiger partial charge on any atom is -0.367 e. The molecule has 1 heterocycles. The molecule has 0 unspecified atom stereocenters. The van der Waals surface area contributed by atoms with Crippen LogP contribution in [0.25, 0.3) is 0 Å². The lowest BCUT2D eigenvalue weighted by atomic mass is 10.1. The highest BCUT2D eigenvalue weighted by molar-refractivity contribution is 7.89. The normalized spacial score (nSPS) is 19.1. The Labute approximate surface area is 143 Å². The summed E-state index contributed by atoms with van der Waals surface area (Å²) in [5, 5.41) is 5.31. The monoisotopic (exact) mass is 349 g/mol. The van der Waals surface area contributed by atoms with Gasteiger partial charge < -0.3 is 9.80 Å². The van der Waals surface area contributed by atoms with Crippen molar-refractivity contribution in [1.82, 2.24) is 4.90 Å². The van der Waals surface area contributed by atoms with E-state index >= 15 is 0 Å². The smallest absolute Gasteiger partial charge is 0.249 e. The van der Waals surface area contributed by atoms with Crippen molar-refractivity contribution >= 4 is 21.6 Å². The second-order valence-electron chi connectivity index (χ2n) is 6.40. The van der Waals surface area contributed by atoms with Gasteiger partial charge in [-0.2, -0.15) is 0 Å². The summed E-state index contributed by atoms with van der Waals surface area (Å²) in [6, 6.07) is 6.75. The predicted molar refractivity (Wildman–Crippen MR) is 93.2 cm³/mol. The maximum Gasteiger partial charge on any atom is 0.249 e. The second-order valence-corrected chi connectivity index (χ2v) is 7.93. The molecule has 1 aromatic rings. The molecular formula is C17H23N3O3S. The van der Waals surface area contributed by atoms with E-state index in [1.165, 1.54) is 11.6 Å². The molecule has 24 heavy (non-hydrogen) atoms. The van der Waals surface area contributed by atoms with Crippen LogP contribution in [0, 0.1) is 0 Å². The third-order valence-electron chi connectivity index (χ3n) is 4.83. The molecule has 1 saturated heterocycles. The number of nitrogens with zero attached hydrogens (tertiary/aromatic N) is 2. The molecule has 6 nitrogen and oxygen atoms in total. The van der Waals surface area contributed by atoms with Crippen molar-refractivity contribution in [2.24, 2.45) is 5.14 Å². The summed E-state index contributed by atoms with van der Waals surface area (Å²) in [6.45, 7) is 4.43. The Morgan fingerprint density at radius 3 is 2.33 bits per heavy atom. The summed E-state index contributed by atoms with van der Waals surface area (Å²) in [5.41, 5.74) is 2.79. The second kappa shape index (κ2) is 6.57. The topological polar surface area (TPSA) is 83.7 Å².